The minimum Gasteiger partial charge on any atom is -0.465 e. The molecule has 1 aliphatic heterocycles. The first kappa shape index (κ1) is 13.8. The molecule has 2 rings (SSSR count). The van der Waals surface area contributed by atoms with Crippen LogP contribution in [-0.4, -0.2) is 45.1 Å². The molecule has 1 heterocycles. The van der Waals surface area contributed by atoms with Gasteiger partial charge in [-0.3, -0.25) is 4.79 Å². The minimum atomic E-state index is -2.88. The van der Waals surface area contributed by atoms with Gasteiger partial charge in [-0.2, -0.15) is 0 Å². The fourth-order valence-corrected chi connectivity index (χ4v) is 4.06. The Labute approximate surface area is 108 Å². The van der Waals surface area contributed by atoms with E-state index in [-0.39, 0.29) is 30.1 Å². The number of rotatable bonds is 6. The molecule has 6 heteroatoms. The third kappa shape index (κ3) is 4.24. The van der Waals surface area contributed by atoms with Gasteiger partial charge in [0.25, 0.3) is 0 Å². The summed E-state index contributed by atoms with van der Waals surface area (Å²) >= 11 is 0. The van der Waals surface area contributed by atoms with Crippen molar-refractivity contribution in [2.45, 2.75) is 38.1 Å². The second-order valence-corrected chi connectivity index (χ2v) is 7.52. The zero-order valence-electron chi connectivity index (χ0n) is 10.6. The molecule has 1 saturated heterocycles. The maximum Gasteiger partial charge on any atom is 0.319 e. The number of esters is 1. The van der Waals surface area contributed by atoms with Crippen LogP contribution in [0.2, 0.25) is 0 Å². The van der Waals surface area contributed by atoms with E-state index in [1.807, 2.05) is 0 Å². The van der Waals surface area contributed by atoms with Crippen LogP contribution in [0.5, 0.6) is 0 Å². The topological polar surface area (TPSA) is 72.5 Å². The Balaban J connectivity index is 1.54. The third-order valence-corrected chi connectivity index (χ3v) is 5.55. The van der Waals surface area contributed by atoms with Gasteiger partial charge in [-0.1, -0.05) is 19.3 Å². The second-order valence-electron chi connectivity index (χ2n) is 5.29. The van der Waals surface area contributed by atoms with E-state index in [1.165, 1.54) is 19.3 Å². The maximum absolute atomic E-state index is 11.4. The molecule has 0 bridgehead atoms. The molecule has 5 nitrogen and oxygen atoms in total. The highest BCUT2D eigenvalue weighted by Crippen LogP contribution is 2.29. The molecule has 0 aromatic heterocycles. The van der Waals surface area contributed by atoms with Crippen molar-refractivity contribution in [3.63, 3.8) is 0 Å². The lowest BCUT2D eigenvalue weighted by atomic mass is 9.83. The van der Waals surface area contributed by atoms with E-state index < -0.39 is 9.84 Å². The van der Waals surface area contributed by atoms with Gasteiger partial charge in [0.05, 0.1) is 24.7 Å². The third-order valence-electron chi connectivity index (χ3n) is 3.78. The molecule has 1 aliphatic carbocycles. The van der Waals surface area contributed by atoms with Crippen molar-refractivity contribution in [2.24, 2.45) is 5.92 Å². The molecule has 1 N–H and O–H groups in total. The summed E-state index contributed by atoms with van der Waals surface area (Å²) in [6.45, 7) is 0.610. The average Bonchev–Trinajstić information content (AvgIpc) is 2.59. The van der Waals surface area contributed by atoms with Crippen molar-refractivity contribution in [2.75, 3.05) is 24.7 Å². The fourth-order valence-electron chi connectivity index (χ4n) is 2.36. The van der Waals surface area contributed by atoms with Gasteiger partial charge in [0.2, 0.25) is 0 Å². The zero-order valence-corrected chi connectivity index (χ0v) is 11.4. The summed E-state index contributed by atoms with van der Waals surface area (Å²) in [7, 11) is -2.88. The zero-order chi connectivity index (χ0) is 13.0. The van der Waals surface area contributed by atoms with E-state index in [0.29, 0.717) is 13.0 Å². The maximum atomic E-state index is 11.4. The predicted octanol–water partition coefficient (Wildman–Crippen LogP) is 0.496. The lowest BCUT2D eigenvalue weighted by Crippen LogP contribution is -2.35. The predicted molar refractivity (Wildman–Crippen MR) is 68.0 cm³/mol. The van der Waals surface area contributed by atoms with Crippen LogP contribution in [0, 0.1) is 5.92 Å². The summed E-state index contributed by atoms with van der Waals surface area (Å²) in [6.07, 6.45) is 5.38. The summed E-state index contributed by atoms with van der Waals surface area (Å²) in [6, 6.07) is -0.0887. The van der Waals surface area contributed by atoms with Crippen LogP contribution in [0.25, 0.3) is 0 Å². The molecule has 1 unspecified atom stereocenters. The van der Waals surface area contributed by atoms with E-state index >= 15 is 0 Å². The van der Waals surface area contributed by atoms with Crippen LogP contribution < -0.4 is 5.32 Å². The summed E-state index contributed by atoms with van der Waals surface area (Å²) in [5, 5.41) is 2.95. The van der Waals surface area contributed by atoms with Crippen LogP contribution in [0.1, 0.15) is 32.1 Å². The highest BCUT2D eigenvalue weighted by Gasteiger charge is 2.27. The lowest BCUT2D eigenvalue weighted by Gasteiger charge is -2.24. The molecular formula is C12H21NO4S. The number of nitrogens with one attached hydrogen (secondary N) is 1. The number of sulfone groups is 1. The Kier molecular flexibility index (Phi) is 4.61. The first-order valence-corrected chi connectivity index (χ1v) is 8.47. The summed E-state index contributed by atoms with van der Waals surface area (Å²) in [5.41, 5.74) is 0. The number of hydrogen-bond acceptors (Lipinski definition) is 5. The quantitative estimate of drug-likeness (QED) is 0.715. The average molecular weight is 275 g/mol. The van der Waals surface area contributed by atoms with Crippen molar-refractivity contribution < 1.29 is 17.9 Å². The molecule has 0 radical (unpaired) electrons. The van der Waals surface area contributed by atoms with E-state index in [0.717, 1.165) is 12.3 Å². The minimum absolute atomic E-state index is 0.0887. The SMILES string of the molecule is O=C(CNC1CCS(=O)(=O)C1)OCCC1CCC1. The van der Waals surface area contributed by atoms with Crippen molar-refractivity contribution >= 4 is 15.8 Å². The second kappa shape index (κ2) is 6.02. The van der Waals surface area contributed by atoms with Crippen LogP contribution in [0.4, 0.5) is 0 Å². The molecule has 104 valence electrons. The summed E-state index contributed by atoms with van der Waals surface area (Å²) < 4.78 is 27.5. The Morgan fingerprint density at radius 2 is 2.06 bits per heavy atom. The van der Waals surface area contributed by atoms with E-state index in [4.69, 9.17) is 4.74 Å². The highest BCUT2D eigenvalue weighted by atomic mass is 32.2. The van der Waals surface area contributed by atoms with Crippen LogP contribution in [0.15, 0.2) is 0 Å². The molecule has 0 amide bonds. The van der Waals surface area contributed by atoms with Gasteiger partial charge in [0.15, 0.2) is 9.84 Å². The highest BCUT2D eigenvalue weighted by molar-refractivity contribution is 7.91. The van der Waals surface area contributed by atoms with Crippen molar-refractivity contribution in [1.29, 1.82) is 0 Å². The normalized spacial score (nSPS) is 26.8. The van der Waals surface area contributed by atoms with Crippen LogP contribution >= 0.6 is 0 Å². The van der Waals surface area contributed by atoms with E-state index in [1.54, 1.807) is 0 Å². The van der Waals surface area contributed by atoms with Gasteiger partial charge < -0.3 is 10.1 Å². The Morgan fingerprint density at radius 3 is 2.61 bits per heavy atom. The molecule has 0 aromatic rings. The van der Waals surface area contributed by atoms with Gasteiger partial charge in [-0.05, 0) is 18.8 Å². The molecule has 18 heavy (non-hydrogen) atoms. The lowest BCUT2D eigenvalue weighted by molar-refractivity contribution is -0.143. The number of ether oxygens (including phenoxy) is 1. The monoisotopic (exact) mass is 275 g/mol. The number of carbonyl (C=O) groups excluding carboxylic acids is 1. The van der Waals surface area contributed by atoms with Gasteiger partial charge >= 0.3 is 5.97 Å². The molecule has 1 atom stereocenters. The summed E-state index contributed by atoms with van der Waals surface area (Å²) in [5.74, 6) is 0.827. The van der Waals surface area contributed by atoms with Crippen LogP contribution in [0.3, 0.4) is 0 Å². The van der Waals surface area contributed by atoms with Crippen molar-refractivity contribution in [3.8, 4) is 0 Å². The Bertz CT molecular complexity index is 389. The van der Waals surface area contributed by atoms with Gasteiger partial charge in [-0.15, -0.1) is 0 Å². The number of carbonyl (C=O) groups is 1. The Hall–Kier alpha value is -0.620. The summed E-state index contributed by atoms with van der Waals surface area (Å²) in [4.78, 5) is 11.4. The molecule has 2 aliphatic rings. The Morgan fingerprint density at radius 1 is 1.28 bits per heavy atom. The first-order chi connectivity index (χ1) is 8.55. The first-order valence-electron chi connectivity index (χ1n) is 6.64. The fraction of sp³-hybridized carbons (Fsp3) is 0.917. The van der Waals surface area contributed by atoms with Crippen molar-refractivity contribution in [3.05, 3.63) is 0 Å². The van der Waals surface area contributed by atoms with E-state index in [2.05, 4.69) is 5.32 Å². The number of hydrogen-bond donors (Lipinski definition) is 1. The van der Waals surface area contributed by atoms with Gasteiger partial charge in [0, 0.05) is 6.04 Å². The smallest absolute Gasteiger partial charge is 0.319 e. The largest absolute Gasteiger partial charge is 0.465 e. The van der Waals surface area contributed by atoms with Gasteiger partial charge in [0.1, 0.15) is 0 Å². The molecule has 1 saturated carbocycles. The molecule has 2 fully saturated rings. The van der Waals surface area contributed by atoms with Gasteiger partial charge in [-0.25, -0.2) is 8.42 Å². The van der Waals surface area contributed by atoms with Crippen LogP contribution in [-0.2, 0) is 19.4 Å². The van der Waals surface area contributed by atoms with E-state index in [9.17, 15) is 13.2 Å². The molecule has 0 spiro atoms. The molecular weight excluding hydrogens is 254 g/mol. The molecule has 0 aromatic carbocycles. The standard InChI is InChI=1S/C12H21NO4S/c14-12(17-6-4-10-2-1-3-10)8-13-11-5-7-18(15,16)9-11/h10-11,13H,1-9H2. The van der Waals surface area contributed by atoms with Crippen molar-refractivity contribution in [1.82, 2.24) is 5.32 Å².